The van der Waals surface area contributed by atoms with Gasteiger partial charge in [0.05, 0.1) is 6.04 Å². The summed E-state index contributed by atoms with van der Waals surface area (Å²) in [5.41, 5.74) is 0. The van der Waals surface area contributed by atoms with E-state index in [1.54, 1.807) is 24.3 Å². The van der Waals surface area contributed by atoms with Gasteiger partial charge in [0.15, 0.2) is 6.61 Å². The van der Waals surface area contributed by atoms with Gasteiger partial charge in [0, 0.05) is 37.7 Å². The number of ether oxygens (including phenoxy) is 1. The molecule has 1 atom stereocenters. The zero-order chi connectivity index (χ0) is 23.0. The van der Waals surface area contributed by atoms with Crippen molar-refractivity contribution in [2.45, 2.75) is 63.8 Å². The first kappa shape index (κ1) is 24.3. The Hall–Kier alpha value is -1.79. The third-order valence-electron chi connectivity index (χ3n) is 7.64. The lowest BCUT2D eigenvalue weighted by atomic mass is 9.89. The lowest BCUT2D eigenvalue weighted by Crippen LogP contribution is -2.58. The molecule has 6 nitrogen and oxygen atoms in total. The van der Waals surface area contributed by atoms with Gasteiger partial charge in [0.25, 0.3) is 5.91 Å². The van der Waals surface area contributed by atoms with Crippen molar-refractivity contribution in [3.05, 3.63) is 29.3 Å². The van der Waals surface area contributed by atoms with Crippen molar-refractivity contribution in [2.75, 3.05) is 39.3 Å². The molecule has 7 heteroatoms. The molecule has 1 saturated heterocycles. The van der Waals surface area contributed by atoms with Crippen LogP contribution >= 0.6 is 11.6 Å². The second-order valence-electron chi connectivity index (χ2n) is 9.90. The largest absolute Gasteiger partial charge is 0.484 e. The SMILES string of the molecule is O=C(NCC1CCCCC1)C(C1CCCC1)N1CCN(C(=O)COc2ccc(Cl)cc2)CC1. The maximum absolute atomic E-state index is 13.3. The van der Waals surface area contributed by atoms with Crippen molar-refractivity contribution in [3.63, 3.8) is 0 Å². The first-order chi connectivity index (χ1) is 16.1. The fourth-order valence-corrected chi connectivity index (χ4v) is 5.83. The van der Waals surface area contributed by atoms with Crippen LogP contribution in [0.15, 0.2) is 24.3 Å². The highest BCUT2D eigenvalue weighted by molar-refractivity contribution is 6.30. The maximum Gasteiger partial charge on any atom is 0.260 e. The zero-order valence-corrected chi connectivity index (χ0v) is 20.4. The zero-order valence-electron chi connectivity index (χ0n) is 19.6. The first-order valence-electron chi connectivity index (χ1n) is 12.8. The lowest BCUT2D eigenvalue weighted by molar-refractivity contribution is -0.137. The van der Waals surface area contributed by atoms with Gasteiger partial charge in [-0.1, -0.05) is 43.7 Å². The molecule has 1 aromatic rings. The summed E-state index contributed by atoms with van der Waals surface area (Å²) < 4.78 is 5.63. The molecule has 0 radical (unpaired) electrons. The molecule has 1 heterocycles. The van der Waals surface area contributed by atoms with Crippen LogP contribution in [0.1, 0.15) is 57.8 Å². The third kappa shape index (κ3) is 6.86. The Morgan fingerprint density at radius 2 is 1.58 bits per heavy atom. The number of halogens is 1. The quantitative estimate of drug-likeness (QED) is 0.614. The molecule has 33 heavy (non-hydrogen) atoms. The molecule has 2 saturated carbocycles. The van der Waals surface area contributed by atoms with Crippen LogP contribution in [0.25, 0.3) is 0 Å². The number of nitrogens with zero attached hydrogens (tertiary/aromatic N) is 2. The highest BCUT2D eigenvalue weighted by Gasteiger charge is 2.37. The van der Waals surface area contributed by atoms with Crippen molar-refractivity contribution in [1.29, 1.82) is 0 Å². The summed E-state index contributed by atoms with van der Waals surface area (Å²) in [6.45, 7) is 3.61. The molecule has 3 fully saturated rings. The summed E-state index contributed by atoms with van der Waals surface area (Å²) in [5, 5.41) is 3.96. The van der Waals surface area contributed by atoms with Gasteiger partial charge in [-0.05, 0) is 61.8 Å². The van der Waals surface area contributed by atoms with Crippen LogP contribution in [-0.4, -0.2) is 67.0 Å². The molecule has 182 valence electrons. The Kier molecular flexibility index (Phi) is 8.90. The Labute approximate surface area is 203 Å². The van der Waals surface area contributed by atoms with Gasteiger partial charge >= 0.3 is 0 Å². The monoisotopic (exact) mass is 475 g/mol. The van der Waals surface area contributed by atoms with Crippen molar-refractivity contribution in [1.82, 2.24) is 15.1 Å². The van der Waals surface area contributed by atoms with Gasteiger partial charge in [-0.25, -0.2) is 0 Å². The molecule has 0 spiro atoms. The number of amides is 2. The van der Waals surface area contributed by atoms with Crippen LogP contribution < -0.4 is 10.1 Å². The van der Waals surface area contributed by atoms with Crippen LogP contribution in [0.5, 0.6) is 5.75 Å². The average molecular weight is 476 g/mol. The molecule has 1 aliphatic heterocycles. The van der Waals surface area contributed by atoms with Crippen molar-refractivity contribution >= 4 is 23.4 Å². The molecule has 2 amide bonds. The highest BCUT2D eigenvalue weighted by Crippen LogP contribution is 2.31. The number of nitrogens with one attached hydrogen (secondary N) is 1. The predicted molar refractivity (Wildman–Crippen MR) is 130 cm³/mol. The van der Waals surface area contributed by atoms with Gasteiger partial charge < -0.3 is 15.0 Å². The van der Waals surface area contributed by atoms with Crippen molar-refractivity contribution in [2.24, 2.45) is 11.8 Å². The molecule has 1 aromatic carbocycles. The van der Waals surface area contributed by atoms with E-state index in [0.29, 0.717) is 35.7 Å². The molecule has 4 rings (SSSR count). The molecule has 1 unspecified atom stereocenters. The summed E-state index contributed by atoms with van der Waals surface area (Å²) in [6.07, 6.45) is 11.1. The molecule has 1 N–H and O–H groups in total. The number of hydrogen-bond acceptors (Lipinski definition) is 4. The molecule has 0 bridgehead atoms. The standard InChI is InChI=1S/C26H38ClN3O3/c27-22-10-12-23(13-11-22)33-19-24(31)29-14-16-30(17-15-29)25(21-8-4-5-9-21)26(32)28-18-20-6-2-1-3-7-20/h10-13,20-21,25H,1-9,14-19H2,(H,28,32). The highest BCUT2D eigenvalue weighted by atomic mass is 35.5. The van der Waals surface area contributed by atoms with E-state index in [0.717, 1.165) is 32.5 Å². The summed E-state index contributed by atoms with van der Waals surface area (Å²) in [5.74, 6) is 1.92. The maximum atomic E-state index is 13.3. The van der Waals surface area contributed by atoms with Crippen molar-refractivity contribution < 1.29 is 14.3 Å². The summed E-state index contributed by atoms with van der Waals surface area (Å²) in [4.78, 5) is 30.2. The topological polar surface area (TPSA) is 61.9 Å². The number of carbonyl (C=O) groups excluding carboxylic acids is 2. The lowest BCUT2D eigenvalue weighted by Gasteiger charge is -2.41. The van der Waals surface area contributed by atoms with E-state index < -0.39 is 0 Å². The molecule has 3 aliphatic rings. The molecular formula is C26H38ClN3O3. The van der Waals surface area contributed by atoms with E-state index in [4.69, 9.17) is 16.3 Å². The Morgan fingerprint density at radius 1 is 0.939 bits per heavy atom. The predicted octanol–water partition coefficient (Wildman–Crippen LogP) is 4.12. The third-order valence-corrected chi connectivity index (χ3v) is 7.89. The fourth-order valence-electron chi connectivity index (χ4n) is 5.71. The minimum Gasteiger partial charge on any atom is -0.484 e. The number of rotatable bonds is 8. The van der Waals surface area contributed by atoms with Gasteiger partial charge in [-0.15, -0.1) is 0 Å². The second-order valence-corrected chi connectivity index (χ2v) is 10.3. The minimum atomic E-state index is -0.0568. The van der Waals surface area contributed by atoms with E-state index in [1.807, 2.05) is 4.90 Å². The number of benzene rings is 1. The Balaban J connectivity index is 1.27. The first-order valence-corrected chi connectivity index (χ1v) is 13.2. The minimum absolute atomic E-state index is 0.0104. The average Bonchev–Trinajstić information content (AvgIpc) is 3.38. The van der Waals surface area contributed by atoms with Gasteiger partial charge in [0.2, 0.25) is 5.91 Å². The summed E-state index contributed by atoms with van der Waals surface area (Å²) in [6, 6.07) is 6.99. The molecule has 2 aliphatic carbocycles. The van der Waals surface area contributed by atoms with E-state index in [-0.39, 0.29) is 24.5 Å². The van der Waals surface area contributed by atoms with Crippen LogP contribution in [0.2, 0.25) is 5.02 Å². The molecular weight excluding hydrogens is 438 g/mol. The summed E-state index contributed by atoms with van der Waals surface area (Å²) >= 11 is 5.90. The van der Waals surface area contributed by atoms with E-state index >= 15 is 0 Å². The van der Waals surface area contributed by atoms with E-state index in [2.05, 4.69) is 10.2 Å². The number of piperazine rings is 1. The smallest absolute Gasteiger partial charge is 0.260 e. The second kappa shape index (κ2) is 12.1. The number of carbonyl (C=O) groups is 2. The van der Waals surface area contributed by atoms with Gasteiger partial charge in [0.1, 0.15) is 5.75 Å². The van der Waals surface area contributed by atoms with Crippen LogP contribution in [0.4, 0.5) is 0 Å². The van der Waals surface area contributed by atoms with Gasteiger partial charge in [-0.3, -0.25) is 14.5 Å². The van der Waals surface area contributed by atoms with Crippen LogP contribution in [0.3, 0.4) is 0 Å². The van der Waals surface area contributed by atoms with E-state index in [9.17, 15) is 9.59 Å². The number of hydrogen-bond donors (Lipinski definition) is 1. The van der Waals surface area contributed by atoms with Crippen LogP contribution in [0, 0.1) is 11.8 Å². The normalized spacial score (nSPS) is 21.7. The van der Waals surface area contributed by atoms with Gasteiger partial charge in [-0.2, -0.15) is 0 Å². The molecule has 0 aromatic heterocycles. The fraction of sp³-hybridized carbons (Fsp3) is 0.692. The summed E-state index contributed by atoms with van der Waals surface area (Å²) in [7, 11) is 0. The Morgan fingerprint density at radius 3 is 2.24 bits per heavy atom. The Bertz CT molecular complexity index is 767. The van der Waals surface area contributed by atoms with E-state index in [1.165, 1.54) is 44.9 Å². The van der Waals surface area contributed by atoms with Crippen molar-refractivity contribution in [3.8, 4) is 5.75 Å². The van der Waals surface area contributed by atoms with Crippen LogP contribution in [-0.2, 0) is 9.59 Å².